The Morgan fingerprint density at radius 2 is 1.45 bits per heavy atom. The van der Waals surface area contributed by atoms with E-state index in [1.165, 1.54) is 27.4 Å². The standard InChI is InChI=1S/C13H26O6Si/c1-8-12(13(14-5,15-6)16-7)19-20(11-4,17-9-2)18-10-3/h8,11-12H,1,4,9-10H2,2-3,5-7H3. The molecule has 0 radical (unpaired) electrons. The van der Waals surface area contributed by atoms with Crippen LogP contribution in [0, 0.1) is 0 Å². The van der Waals surface area contributed by atoms with Gasteiger partial charge in [0, 0.05) is 34.5 Å². The molecule has 20 heavy (non-hydrogen) atoms. The monoisotopic (exact) mass is 306 g/mol. The first-order valence-corrected chi connectivity index (χ1v) is 8.21. The summed E-state index contributed by atoms with van der Waals surface area (Å²) in [7, 11) is 1.29. The van der Waals surface area contributed by atoms with Crippen molar-refractivity contribution in [2.24, 2.45) is 0 Å². The first-order chi connectivity index (χ1) is 9.53. The van der Waals surface area contributed by atoms with Gasteiger partial charge in [-0.25, -0.2) is 0 Å². The van der Waals surface area contributed by atoms with Crippen molar-refractivity contribution in [1.29, 1.82) is 0 Å². The van der Waals surface area contributed by atoms with E-state index < -0.39 is 20.9 Å². The molecule has 7 heteroatoms. The lowest BCUT2D eigenvalue weighted by molar-refractivity contribution is -0.379. The Morgan fingerprint density at radius 3 is 1.70 bits per heavy atom. The molecule has 0 amide bonds. The Morgan fingerprint density at radius 1 is 1.00 bits per heavy atom. The van der Waals surface area contributed by atoms with E-state index in [0.717, 1.165) is 0 Å². The van der Waals surface area contributed by atoms with Gasteiger partial charge >= 0.3 is 14.8 Å². The first kappa shape index (κ1) is 19.5. The molecule has 1 unspecified atom stereocenters. The van der Waals surface area contributed by atoms with Crippen molar-refractivity contribution in [2.45, 2.75) is 25.9 Å². The van der Waals surface area contributed by atoms with Crippen molar-refractivity contribution >= 4 is 8.80 Å². The number of ether oxygens (including phenoxy) is 3. The highest BCUT2D eigenvalue weighted by Crippen LogP contribution is 2.26. The summed E-state index contributed by atoms with van der Waals surface area (Å²) in [5.74, 6) is -1.42. The predicted molar refractivity (Wildman–Crippen MR) is 78.0 cm³/mol. The Balaban J connectivity index is 5.32. The van der Waals surface area contributed by atoms with E-state index in [2.05, 4.69) is 13.2 Å². The summed E-state index contributed by atoms with van der Waals surface area (Å²) in [6.07, 6.45) is 0.769. The highest BCUT2D eigenvalue weighted by molar-refractivity contribution is 6.66. The zero-order chi connectivity index (χ0) is 15.6. The van der Waals surface area contributed by atoms with Gasteiger partial charge in [0.1, 0.15) is 6.10 Å². The first-order valence-electron chi connectivity index (χ1n) is 6.40. The van der Waals surface area contributed by atoms with Gasteiger partial charge in [-0.3, -0.25) is 0 Å². The van der Waals surface area contributed by atoms with Crippen molar-refractivity contribution in [1.82, 2.24) is 0 Å². The molecule has 0 aromatic rings. The quantitative estimate of drug-likeness (QED) is 0.312. The van der Waals surface area contributed by atoms with Gasteiger partial charge in [0.2, 0.25) is 0 Å². The summed E-state index contributed by atoms with van der Waals surface area (Å²) >= 11 is 0. The minimum Gasteiger partial charge on any atom is -0.371 e. The topological polar surface area (TPSA) is 55.4 Å². The number of hydrogen-bond donors (Lipinski definition) is 0. The predicted octanol–water partition coefficient (Wildman–Crippen LogP) is 1.89. The molecule has 0 aliphatic heterocycles. The van der Waals surface area contributed by atoms with E-state index in [1.54, 1.807) is 5.70 Å². The van der Waals surface area contributed by atoms with Crippen LogP contribution in [0.15, 0.2) is 24.9 Å². The van der Waals surface area contributed by atoms with Crippen molar-refractivity contribution in [2.75, 3.05) is 34.5 Å². The van der Waals surface area contributed by atoms with Crippen LogP contribution in [0.5, 0.6) is 0 Å². The van der Waals surface area contributed by atoms with Gasteiger partial charge in [0.05, 0.1) is 0 Å². The zero-order valence-corrected chi connectivity index (χ0v) is 14.0. The molecule has 0 aliphatic rings. The number of methoxy groups -OCH3 is 3. The van der Waals surface area contributed by atoms with Crippen LogP contribution in [0.4, 0.5) is 0 Å². The molecular formula is C13H26O6Si. The lowest BCUT2D eigenvalue weighted by Crippen LogP contribution is -2.55. The molecule has 0 saturated carbocycles. The Labute approximate surface area is 122 Å². The molecule has 0 N–H and O–H groups in total. The molecule has 6 nitrogen and oxygen atoms in total. The molecule has 0 aliphatic carbocycles. The maximum Gasteiger partial charge on any atom is 0.529 e. The maximum absolute atomic E-state index is 5.94. The molecule has 1 atom stereocenters. The highest BCUT2D eigenvalue weighted by atomic mass is 28.4. The van der Waals surface area contributed by atoms with E-state index in [9.17, 15) is 0 Å². The zero-order valence-electron chi connectivity index (χ0n) is 13.0. The average molecular weight is 306 g/mol. The van der Waals surface area contributed by atoms with Gasteiger partial charge in [-0.2, -0.15) is 0 Å². The van der Waals surface area contributed by atoms with Crippen LogP contribution in [0.3, 0.4) is 0 Å². The summed E-state index contributed by atoms with van der Waals surface area (Å²) in [6, 6.07) is 0. The third kappa shape index (κ3) is 4.49. The molecule has 0 heterocycles. The second kappa shape index (κ2) is 9.40. The molecule has 0 rings (SSSR count). The number of rotatable bonds is 12. The summed E-state index contributed by atoms with van der Waals surface area (Å²) < 4.78 is 33.0. The fraction of sp³-hybridized carbons (Fsp3) is 0.692. The molecule has 118 valence electrons. The molecule has 0 saturated heterocycles. The molecule has 0 spiro atoms. The van der Waals surface area contributed by atoms with Gasteiger partial charge in [0.15, 0.2) is 0 Å². The van der Waals surface area contributed by atoms with Crippen molar-refractivity contribution in [3.05, 3.63) is 24.9 Å². The van der Waals surface area contributed by atoms with Gasteiger partial charge in [0.25, 0.3) is 0 Å². The third-order valence-corrected chi connectivity index (χ3v) is 5.11. The van der Waals surface area contributed by atoms with Gasteiger partial charge in [-0.15, -0.1) is 6.58 Å². The average Bonchev–Trinajstić information content (AvgIpc) is 2.48. The third-order valence-electron chi connectivity index (χ3n) is 2.65. The van der Waals surface area contributed by atoms with E-state index >= 15 is 0 Å². The SMILES string of the molecule is C=CC(O[Si](C=C)(OCC)OCC)C(OC)(OC)OC. The van der Waals surface area contributed by atoms with E-state index in [1.807, 2.05) is 13.8 Å². The van der Waals surface area contributed by atoms with Gasteiger partial charge in [-0.1, -0.05) is 12.7 Å². The molecular weight excluding hydrogens is 280 g/mol. The second-order valence-corrected chi connectivity index (χ2v) is 6.09. The Hall–Kier alpha value is -0.543. The minimum atomic E-state index is -3.06. The smallest absolute Gasteiger partial charge is 0.371 e. The summed E-state index contributed by atoms with van der Waals surface area (Å²) in [6.45, 7) is 12.0. The van der Waals surface area contributed by atoms with Gasteiger partial charge < -0.3 is 27.5 Å². The number of hydrogen-bond acceptors (Lipinski definition) is 6. The summed E-state index contributed by atoms with van der Waals surface area (Å²) in [4.78, 5) is 0. The lowest BCUT2D eigenvalue weighted by atomic mass is 10.3. The van der Waals surface area contributed by atoms with E-state index in [-0.39, 0.29) is 0 Å². The minimum absolute atomic E-state index is 0.433. The summed E-state index contributed by atoms with van der Waals surface area (Å²) in [5.41, 5.74) is 1.56. The van der Waals surface area contributed by atoms with Crippen LogP contribution in [0.25, 0.3) is 0 Å². The van der Waals surface area contributed by atoms with E-state index in [4.69, 9.17) is 27.5 Å². The second-order valence-electron chi connectivity index (χ2n) is 3.66. The maximum atomic E-state index is 5.94. The fourth-order valence-corrected chi connectivity index (χ4v) is 3.67. The molecule has 0 aromatic carbocycles. The van der Waals surface area contributed by atoms with Crippen LogP contribution in [-0.4, -0.2) is 55.4 Å². The van der Waals surface area contributed by atoms with Gasteiger partial charge in [-0.05, 0) is 19.5 Å². The van der Waals surface area contributed by atoms with Crippen LogP contribution in [0.1, 0.15) is 13.8 Å². The van der Waals surface area contributed by atoms with Crippen molar-refractivity contribution < 1.29 is 27.5 Å². The summed E-state index contributed by atoms with van der Waals surface area (Å²) in [5, 5.41) is 0. The van der Waals surface area contributed by atoms with Crippen LogP contribution in [0.2, 0.25) is 0 Å². The molecule has 0 fully saturated rings. The Kier molecular flexibility index (Phi) is 9.15. The Bertz CT molecular complexity index is 278. The largest absolute Gasteiger partial charge is 0.529 e. The van der Waals surface area contributed by atoms with Crippen molar-refractivity contribution in [3.63, 3.8) is 0 Å². The fourth-order valence-electron chi connectivity index (χ4n) is 1.72. The van der Waals surface area contributed by atoms with E-state index in [0.29, 0.717) is 13.2 Å². The molecule has 0 aromatic heterocycles. The van der Waals surface area contributed by atoms with Crippen LogP contribution < -0.4 is 0 Å². The molecule has 0 bridgehead atoms. The van der Waals surface area contributed by atoms with Crippen LogP contribution >= 0.6 is 0 Å². The normalized spacial score (nSPS) is 14.1. The van der Waals surface area contributed by atoms with Crippen molar-refractivity contribution in [3.8, 4) is 0 Å². The highest BCUT2D eigenvalue weighted by Gasteiger charge is 2.48. The van der Waals surface area contributed by atoms with Crippen LogP contribution in [-0.2, 0) is 27.5 Å². The lowest BCUT2D eigenvalue weighted by Gasteiger charge is -2.38.